The number of hydrogen-bond acceptors (Lipinski definition) is 4. The summed E-state index contributed by atoms with van der Waals surface area (Å²) in [5, 5.41) is 11.9. The van der Waals surface area contributed by atoms with Gasteiger partial charge in [-0.05, 0) is 23.8 Å². The Morgan fingerprint density at radius 1 is 1.22 bits per heavy atom. The van der Waals surface area contributed by atoms with Crippen molar-refractivity contribution in [1.29, 1.82) is 0 Å². The molecule has 1 atom stereocenters. The Morgan fingerprint density at radius 2 is 2.04 bits per heavy atom. The van der Waals surface area contributed by atoms with E-state index in [0.29, 0.717) is 13.0 Å². The quantitative estimate of drug-likeness (QED) is 0.540. The van der Waals surface area contributed by atoms with E-state index in [-0.39, 0.29) is 11.8 Å². The molecule has 6 heteroatoms. The molecule has 0 aliphatic rings. The molecule has 0 bridgehead atoms. The standard InChI is InChI=1S/C17H17N3O3/c18-11-14(10-12-3-1-4-13(9-12)20(21)22)23-17-6-2-5-16-15(17)7-8-19-16/h1-9,14,19H,10-11,18H2. The van der Waals surface area contributed by atoms with Crippen molar-refractivity contribution < 1.29 is 9.66 Å². The van der Waals surface area contributed by atoms with Crippen molar-refractivity contribution in [3.63, 3.8) is 0 Å². The zero-order valence-electron chi connectivity index (χ0n) is 12.4. The fraction of sp³-hybridized carbons (Fsp3) is 0.176. The van der Waals surface area contributed by atoms with E-state index in [1.807, 2.05) is 36.5 Å². The van der Waals surface area contributed by atoms with E-state index in [9.17, 15) is 10.1 Å². The van der Waals surface area contributed by atoms with Crippen molar-refractivity contribution in [3.8, 4) is 5.75 Å². The topological polar surface area (TPSA) is 94.2 Å². The van der Waals surface area contributed by atoms with Crippen LogP contribution in [0, 0.1) is 10.1 Å². The number of nitrogens with one attached hydrogen (secondary N) is 1. The second-order valence-corrected chi connectivity index (χ2v) is 5.30. The molecule has 3 N–H and O–H groups in total. The Kier molecular flexibility index (Phi) is 4.25. The van der Waals surface area contributed by atoms with Crippen LogP contribution in [0.1, 0.15) is 5.56 Å². The van der Waals surface area contributed by atoms with Crippen LogP contribution in [0.25, 0.3) is 10.9 Å². The molecule has 3 rings (SSSR count). The first-order valence-corrected chi connectivity index (χ1v) is 7.33. The predicted molar refractivity (Wildman–Crippen MR) is 88.6 cm³/mol. The van der Waals surface area contributed by atoms with Crippen molar-refractivity contribution in [2.24, 2.45) is 5.73 Å². The molecule has 0 aliphatic carbocycles. The number of nitrogens with two attached hydrogens (primary N) is 1. The Bertz CT molecular complexity index is 829. The maximum absolute atomic E-state index is 10.9. The van der Waals surface area contributed by atoms with E-state index in [2.05, 4.69) is 4.98 Å². The lowest BCUT2D eigenvalue weighted by atomic mass is 10.1. The van der Waals surface area contributed by atoms with Crippen LogP contribution in [0.15, 0.2) is 54.7 Å². The Balaban J connectivity index is 1.79. The van der Waals surface area contributed by atoms with Gasteiger partial charge in [0.1, 0.15) is 11.9 Å². The summed E-state index contributed by atoms with van der Waals surface area (Å²) in [6.45, 7) is 0.323. The third-order valence-corrected chi connectivity index (χ3v) is 3.70. The number of H-pyrrole nitrogens is 1. The summed E-state index contributed by atoms with van der Waals surface area (Å²) in [6.07, 6.45) is 2.12. The van der Waals surface area contributed by atoms with Gasteiger partial charge in [-0.15, -0.1) is 0 Å². The highest BCUT2D eigenvalue weighted by Gasteiger charge is 2.14. The van der Waals surface area contributed by atoms with E-state index in [1.54, 1.807) is 12.1 Å². The summed E-state index contributed by atoms with van der Waals surface area (Å²) in [5.74, 6) is 0.754. The van der Waals surface area contributed by atoms with Crippen LogP contribution in [-0.4, -0.2) is 22.6 Å². The number of fused-ring (bicyclic) bond motifs is 1. The fourth-order valence-corrected chi connectivity index (χ4v) is 2.57. The maximum atomic E-state index is 10.9. The van der Waals surface area contributed by atoms with Crippen molar-refractivity contribution in [2.45, 2.75) is 12.5 Å². The van der Waals surface area contributed by atoms with Gasteiger partial charge in [-0.2, -0.15) is 0 Å². The molecule has 6 nitrogen and oxygen atoms in total. The first kappa shape index (κ1) is 15.1. The van der Waals surface area contributed by atoms with E-state index in [1.165, 1.54) is 6.07 Å². The molecule has 1 aromatic heterocycles. The summed E-state index contributed by atoms with van der Waals surface area (Å²) >= 11 is 0. The average molecular weight is 311 g/mol. The summed E-state index contributed by atoms with van der Waals surface area (Å²) in [5.41, 5.74) is 7.72. The Morgan fingerprint density at radius 3 is 2.83 bits per heavy atom. The predicted octanol–water partition coefficient (Wildman–Crippen LogP) is 3.02. The van der Waals surface area contributed by atoms with Gasteiger partial charge in [0.05, 0.1) is 4.92 Å². The number of nitrogens with zero attached hydrogens (tertiary/aromatic N) is 1. The molecule has 0 amide bonds. The van der Waals surface area contributed by atoms with Crippen molar-refractivity contribution in [1.82, 2.24) is 4.98 Å². The van der Waals surface area contributed by atoms with Gasteiger partial charge in [0, 0.05) is 42.2 Å². The van der Waals surface area contributed by atoms with Gasteiger partial charge in [-0.25, -0.2) is 0 Å². The lowest BCUT2D eigenvalue weighted by Gasteiger charge is -2.18. The third kappa shape index (κ3) is 3.32. The van der Waals surface area contributed by atoms with Crippen LogP contribution in [-0.2, 0) is 6.42 Å². The number of aromatic nitrogens is 1. The summed E-state index contributed by atoms with van der Waals surface area (Å²) in [6, 6.07) is 14.3. The van der Waals surface area contributed by atoms with Crippen LogP contribution < -0.4 is 10.5 Å². The van der Waals surface area contributed by atoms with E-state index in [4.69, 9.17) is 10.5 Å². The minimum Gasteiger partial charge on any atom is -0.488 e. The molecule has 0 saturated heterocycles. The number of aromatic amines is 1. The van der Waals surface area contributed by atoms with Crippen LogP contribution in [0.5, 0.6) is 5.75 Å². The molecule has 2 aromatic carbocycles. The summed E-state index contributed by atoms with van der Waals surface area (Å²) in [7, 11) is 0. The highest BCUT2D eigenvalue weighted by molar-refractivity contribution is 5.85. The van der Waals surface area contributed by atoms with Crippen LogP contribution >= 0.6 is 0 Å². The zero-order chi connectivity index (χ0) is 16.2. The summed E-state index contributed by atoms with van der Waals surface area (Å²) in [4.78, 5) is 13.6. The van der Waals surface area contributed by atoms with Gasteiger partial charge in [-0.1, -0.05) is 18.2 Å². The Hall–Kier alpha value is -2.86. The van der Waals surface area contributed by atoms with E-state index < -0.39 is 4.92 Å². The number of benzene rings is 2. The first-order chi connectivity index (χ1) is 11.2. The zero-order valence-corrected chi connectivity index (χ0v) is 12.4. The molecule has 0 fully saturated rings. The minimum absolute atomic E-state index is 0.0750. The van der Waals surface area contributed by atoms with E-state index >= 15 is 0 Å². The van der Waals surface area contributed by atoms with Crippen molar-refractivity contribution in [3.05, 3.63) is 70.4 Å². The number of nitro benzene ring substituents is 1. The molecular formula is C17H17N3O3. The molecule has 0 spiro atoms. The van der Waals surface area contributed by atoms with Crippen LogP contribution in [0.2, 0.25) is 0 Å². The molecule has 3 aromatic rings. The lowest BCUT2D eigenvalue weighted by molar-refractivity contribution is -0.384. The minimum atomic E-state index is -0.400. The average Bonchev–Trinajstić information content (AvgIpc) is 3.04. The second-order valence-electron chi connectivity index (χ2n) is 5.30. The maximum Gasteiger partial charge on any atom is 0.269 e. The molecule has 23 heavy (non-hydrogen) atoms. The fourth-order valence-electron chi connectivity index (χ4n) is 2.57. The number of non-ortho nitro benzene ring substituents is 1. The lowest BCUT2D eigenvalue weighted by Crippen LogP contribution is -2.29. The smallest absolute Gasteiger partial charge is 0.269 e. The molecule has 0 saturated carbocycles. The highest BCUT2D eigenvalue weighted by atomic mass is 16.6. The first-order valence-electron chi connectivity index (χ1n) is 7.33. The van der Waals surface area contributed by atoms with E-state index in [0.717, 1.165) is 22.2 Å². The Labute approximate surface area is 133 Å². The molecule has 0 radical (unpaired) electrons. The van der Waals surface area contributed by atoms with Crippen LogP contribution in [0.4, 0.5) is 5.69 Å². The third-order valence-electron chi connectivity index (χ3n) is 3.70. The molecule has 118 valence electrons. The molecule has 0 aliphatic heterocycles. The van der Waals surface area contributed by atoms with Gasteiger partial charge in [-0.3, -0.25) is 10.1 Å². The number of nitro groups is 1. The summed E-state index contributed by atoms with van der Waals surface area (Å²) < 4.78 is 6.02. The van der Waals surface area contributed by atoms with Gasteiger partial charge in [0.15, 0.2) is 0 Å². The van der Waals surface area contributed by atoms with Crippen LogP contribution in [0.3, 0.4) is 0 Å². The van der Waals surface area contributed by atoms with Gasteiger partial charge >= 0.3 is 0 Å². The van der Waals surface area contributed by atoms with Crippen molar-refractivity contribution in [2.75, 3.05) is 6.54 Å². The van der Waals surface area contributed by atoms with Crippen molar-refractivity contribution >= 4 is 16.6 Å². The molecular weight excluding hydrogens is 294 g/mol. The van der Waals surface area contributed by atoms with Gasteiger partial charge in [0.2, 0.25) is 0 Å². The molecule has 1 unspecified atom stereocenters. The second kappa shape index (κ2) is 6.50. The highest BCUT2D eigenvalue weighted by Crippen LogP contribution is 2.26. The number of rotatable bonds is 6. The van der Waals surface area contributed by atoms with Gasteiger partial charge < -0.3 is 15.5 Å². The number of hydrogen-bond donors (Lipinski definition) is 2. The normalized spacial score (nSPS) is 12.2. The van der Waals surface area contributed by atoms with Gasteiger partial charge in [0.25, 0.3) is 5.69 Å². The monoisotopic (exact) mass is 311 g/mol. The number of ether oxygens (including phenoxy) is 1. The SMILES string of the molecule is NCC(Cc1cccc([N+](=O)[O-])c1)Oc1cccc2[nH]ccc12. The largest absolute Gasteiger partial charge is 0.488 e. The molecule has 1 heterocycles.